The summed E-state index contributed by atoms with van der Waals surface area (Å²) < 4.78 is 0. The molecule has 3 heteroatoms. The highest BCUT2D eigenvalue weighted by molar-refractivity contribution is 6.38. The van der Waals surface area contributed by atoms with Crippen LogP contribution in [0.4, 0.5) is 5.69 Å². The molecule has 1 N–H and O–H groups in total. The van der Waals surface area contributed by atoms with E-state index in [1.165, 1.54) is 0 Å². The summed E-state index contributed by atoms with van der Waals surface area (Å²) >= 11 is 0. The highest BCUT2D eigenvalue weighted by Gasteiger charge is 2.21. The predicted molar refractivity (Wildman–Crippen MR) is 62.4 cm³/mol. The molecule has 1 aliphatic heterocycles. The molecular weight excluding hydrogens is 202 g/mol. The fourth-order valence-corrected chi connectivity index (χ4v) is 2.05. The molecule has 16 heavy (non-hydrogen) atoms. The molecule has 0 amide bonds. The number of carboxylic acid groups (broad SMARTS) is 1. The minimum absolute atomic E-state index is 0.228. The van der Waals surface area contributed by atoms with Gasteiger partial charge >= 0.3 is 5.97 Å². The Bertz CT molecular complexity index is 629. The van der Waals surface area contributed by atoms with Crippen LogP contribution in [0.2, 0.25) is 0 Å². The van der Waals surface area contributed by atoms with E-state index >= 15 is 0 Å². The fourth-order valence-electron chi connectivity index (χ4n) is 2.05. The molecule has 0 aliphatic carbocycles. The van der Waals surface area contributed by atoms with E-state index in [-0.39, 0.29) is 5.71 Å². The maximum atomic E-state index is 10.9. The van der Waals surface area contributed by atoms with Gasteiger partial charge in [0.2, 0.25) is 0 Å². The highest BCUT2D eigenvalue weighted by Crippen LogP contribution is 2.34. The normalized spacial score (nSPS) is 13.6. The summed E-state index contributed by atoms with van der Waals surface area (Å²) in [6.45, 7) is 0. The van der Waals surface area contributed by atoms with E-state index in [2.05, 4.69) is 4.99 Å². The van der Waals surface area contributed by atoms with Crippen LogP contribution in [-0.4, -0.2) is 16.8 Å². The summed E-state index contributed by atoms with van der Waals surface area (Å²) in [5.74, 6) is -0.930. The third-order valence-electron chi connectivity index (χ3n) is 2.84. The zero-order valence-corrected chi connectivity index (χ0v) is 8.47. The highest BCUT2D eigenvalue weighted by atomic mass is 16.4. The lowest BCUT2D eigenvalue weighted by molar-refractivity contribution is -0.129. The number of rotatable bonds is 1. The quantitative estimate of drug-likeness (QED) is 0.788. The number of aliphatic imine (C=N–C) groups is 1. The SMILES string of the molecule is O=C(O)C1=Nc2c(ccc3ccccc23)C1. The Kier molecular flexibility index (Phi) is 1.80. The van der Waals surface area contributed by atoms with Gasteiger partial charge in [0.05, 0.1) is 5.69 Å². The summed E-state index contributed by atoms with van der Waals surface area (Å²) in [7, 11) is 0. The topological polar surface area (TPSA) is 49.7 Å². The van der Waals surface area contributed by atoms with Crippen molar-refractivity contribution in [3.05, 3.63) is 42.0 Å². The molecular formula is C13H9NO2. The first-order valence-corrected chi connectivity index (χ1v) is 5.07. The van der Waals surface area contributed by atoms with Crippen molar-refractivity contribution < 1.29 is 9.90 Å². The Labute approximate surface area is 92.1 Å². The predicted octanol–water partition coefficient (Wildman–Crippen LogP) is 2.55. The Hall–Kier alpha value is -2.16. The van der Waals surface area contributed by atoms with Crippen LogP contribution in [0.5, 0.6) is 0 Å². The third kappa shape index (κ3) is 1.21. The van der Waals surface area contributed by atoms with E-state index in [4.69, 9.17) is 5.11 Å². The van der Waals surface area contributed by atoms with Crippen molar-refractivity contribution in [3.63, 3.8) is 0 Å². The molecule has 2 aromatic carbocycles. The number of nitrogens with zero attached hydrogens (tertiary/aromatic N) is 1. The molecule has 0 fully saturated rings. The molecule has 0 aromatic heterocycles. The molecule has 3 rings (SSSR count). The first-order valence-electron chi connectivity index (χ1n) is 5.07. The molecule has 0 atom stereocenters. The molecule has 1 aliphatic rings. The van der Waals surface area contributed by atoms with Gasteiger partial charge in [0.15, 0.2) is 0 Å². The Morgan fingerprint density at radius 3 is 2.81 bits per heavy atom. The summed E-state index contributed by atoms with van der Waals surface area (Å²) in [4.78, 5) is 15.1. The van der Waals surface area contributed by atoms with Crippen molar-refractivity contribution >= 4 is 28.1 Å². The molecule has 1 heterocycles. The van der Waals surface area contributed by atoms with Crippen molar-refractivity contribution in [3.8, 4) is 0 Å². The van der Waals surface area contributed by atoms with Gasteiger partial charge in [-0.15, -0.1) is 0 Å². The van der Waals surface area contributed by atoms with Crippen molar-refractivity contribution in [1.82, 2.24) is 0 Å². The van der Waals surface area contributed by atoms with Gasteiger partial charge in [0, 0.05) is 11.8 Å². The Morgan fingerprint density at radius 2 is 2.00 bits per heavy atom. The molecule has 0 radical (unpaired) electrons. The van der Waals surface area contributed by atoms with E-state index < -0.39 is 5.97 Å². The van der Waals surface area contributed by atoms with Gasteiger partial charge in [-0.25, -0.2) is 9.79 Å². The van der Waals surface area contributed by atoms with Crippen molar-refractivity contribution in [2.75, 3.05) is 0 Å². The molecule has 0 saturated heterocycles. The lowest BCUT2D eigenvalue weighted by Gasteiger charge is -2.01. The number of carboxylic acids is 1. The number of hydrogen-bond acceptors (Lipinski definition) is 2. The van der Waals surface area contributed by atoms with Gasteiger partial charge in [-0.05, 0) is 10.9 Å². The minimum Gasteiger partial charge on any atom is -0.477 e. The van der Waals surface area contributed by atoms with Gasteiger partial charge in [0.1, 0.15) is 5.71 Å². The minimum atomic E-state index is -0.930. The second kappa shape index (κ2) is 3.17. The van der Waals surface area contributed by atoms with Crippen LogP contribution < -0.4 is 0 Å². The van der Waals surface area contributed by atoms with Crippen LogP contribution in [-0.2, 0) is 11.2 Å². The van der Waals surface area contributed by atoms with E-state index in [1.807, 2.05) is 36.4 Å². The van der Waals surface area contributed by atoms with Crippen molar-refractivity contribution in [2.45, 2.75) is 6.42 Å². The zero-order chi connectivity index (χ0) is 11.1. The van der Waals surface area contributed by atoms with Crippen LogP contribution in [0.15, 0.2) is 41.4 Å². The van der Waals surface area contributed by atoms with E-state index in [9.17, 15) is 4.79 Å². The van der Waals surface area contributed by atoms with Crippen LogP contribution in [0.25, 0.3) is 10.8 Å². The van der Waals surface area contributed by atoms with Crippen LogP contribution in [0, 0.1) is 0 Å². The second-order valence-corrected chi connectivity index (χ2v) is 3.83. The van der Waals surface area contributed by atoms with Crippen molar-refractivity contribution in [2.24, 2.45) is 4.99 Å². The maximum Gasteiger partial charge on any atom is 0.350 e. The van der Waals surface area contributed by atoms with E-state index in [0.717, 1.165) is 22.0 Å². The summed E-state index contributed by atoms with van der Waals surface area (Å²) in [5, 5.41) is 11.0. The fraction of sp³-hybridized carbons (Fsp3) is 0.0769. The Balaban J connectivity index is 2.29. The average Bonchev–Trinajstić information content (AvgIpc) is 2.73. The van der Waals surface area contributed by atoms with Gasteiger partial charge in [-0.3, -0.25) is 0 Å². The first-order chi connectivity index (χ1) is 7.75. The molecule has 2 aromatic rings. The third-order valence-corrected chi connectivity index (χ3v) is 2.84. The molecule has 78 valence electrons. The molecule has 0 spiro atoms. The monoisotopic (exact) mass is 211 g/mol. The van der Waals surface area contributed by atoms with Crippen LogP contribution in [0.1, 0.15) is 5.56 Å². The number of benzene rings is 2. The Morgan fingerprint density at radius 1 is 1.19 bits per heavy atom. The zero-order valence-electron chi connectivity index (χ0n) is 8.47. The number of carbonyl (C=O) groups is 1. The van der Waals surface area contributed by atoms with Gasteiger partial charge < -0.3 is 5.11 Å². The summed E-state index contributed by atoms with van der Waals surface area (Å²) in [6, 6.07) is 11.8. The smallest absolute Gasteiger partial charge is 0.350 e. The standard InChI is InChI=1S/C13H9NO2/c15-13(16)11-7-9-6-5-8-3-1-2-4-10(8)12(9)14-11/h1-6H,7H2,(H,15,16). The van der Waals surface area contributed by atoms with Gasteiger partial charge in [-0.1, -0.05) is 36.4 Å². The van der Waals surface area contributed by atoms with Gasteiger partial charge in [0.25, 0.3) is 0 Å². The number of aliphatic carboxylic acids is 1. The second-order valence-electron chi connectivity index (χ2n) is 3.83. The lowest BCUT2D eigenvalue weighted by atomic mass is 10.0. The largest absolute Gasteiger partial charge is 0.477 e. The summed E-state index contributed by atoms with van der Waals surface area (Å²) in [5.41, 5.74) is 2.04. The van der Waals surface area contributed by atoms with E-state index in [0.29, 0.717) is 6.42 Å². The first kappa shape index (κ1) is 9.09. The van der Waals surface area contributed by atoms with Crippen LogP contribution >= 0.6 is 0 Å². The van der Waals surface area contributed by atoms with Gasteiger partial charge in [-0.2, -0.15) is 0 Å². The number of hydrogen-bond donors (Lipinski definition) is 1. The molecule has 3 nitrogen and oxygen atoms in total. The summed E-state index contributed by atoms with van der Waals surface area (Å²) in [6.07, 6.45) is 0.426. The average molecular weight is 211 g/mol. The maximum absolute atomic E-state index is 10.9. The lowest BCUT2D eigenvalue weighted by Crippen LogP contribution is -2.11. The molecule has 0 saturated carbocycles. The van der Waals surface area contributed by atoms with Crippen LogP contribution in [0.3, 0.4) is 0 Å². The molecule has 0 bridgehead atoms. The molecule has 0 unspecified atom stereocenters. The van der Waals surface area contributed by atoms with Crippen molar-refractivity contribution in [1.29, 1.82) is 0 Å². The number of fused-ring (bicyclic) bond motifs is 3. The van der Waals surface area contributed by atoms with E-state index in [1.54, 1.807) is 0 Å².